The van der Waals surface area contributed by atoms with Crippen LogP contribution in [0.25, 0.3) is 0 Å². The number of aliphatic hydroxyl groups excluding tert-OH is 1. The SMILES string of the molecule is O=C(NCC(O)CN1CCc2ccccc2C1)c1cc2c(s1)CCN(C(=O)c1ccc(Br)cc1)C2. The first-order valence-electron chi connectivity index (χ1n) is 11.9. The minimum atomic E-state index is -0.627. The molecule has 0 aliphatic carbocycles. The maximum atomic E-state index is 12.9. The third-order valence-corrected chi connectivity index (χ3v) is 8.41. The van der Waals surface area contributed by atoms with Gasteiger partial charge in [-0.15, -0.1) is 11.3 Å². The topological polar surface area (TPSA) is 72.9 Å². The van der Waals surface area contributed by atoms with Gasteiger partial charge >= 0.3 is 0 Å². The number of fused-ring (bicyclic) bond motifs is 2. The lowest BCUT2D eigenvalue weighted by Crippen LogP contribution is -2.41. The van der Waals surface area contributed by atoms with Crippen LogP contribution in [0.1, 0.15) is 41.6 Å². The molecule has 2 aromatic carbocycles. The van der Waals surface area contributed by atoms with Crippen LogP contribution in [0.2, 0.25) is 0 Å². The number of nitrogens with one attached hydrogen (secondary N) is 1. The second-order valence-corrected chi connectivity index (χ2v) is 11.2. The summed E-state index contributed by atoms with van der Waals surface area (Å²) in [6, 6.07) is 17.7. The van der Waals surface area contributed by atoms with Crippen LogP contribution in [0.3, 0.4) is 0 Å². The molecule has 2 aliphatic heterocycles. The zero-order valence-corrected chi connectivity index (χ0v) is 21.8. The molecule has 1 atom stereocenters. The lowest BCUT2D eigenvalue weighted by atomic mass is 10.00. The molecule has 8 heteroatoms. The summed E-state index contributed by atoms with van der Waals surface area (Å²) >= 11 is 4.89. The van der Waals surface area contributed by atoms with Crippen molar-refractivity contribution in [2.45, 2.75) is 32.0 Å². The van der Waals surface area contributed by atoms with E-state index in [1.54, 1.807) is 0 Å². The molecule has 3 aromatic rings. The number of carbonyl (C=O) groups excluding carboxylic acids is 2. The number of carbonyl (C=O) groups is 2. The van der Waals surface area contributed by atoms with Crippen LogP contribution in [0.4, 0.5) is 0 Å². The van der Waals surface area contributed by atoms with E-state index in [0.29, 0.717) is 30.1 Å². The van der Waals surface area contributed by atoms with Crippen molar-refractivity contribution in [2.24, 2.45) is 0 Å². The zero-order chi connectivity index (χ0) is 24.4. The van der Waals surface area contributed by atoms with Gasteiger partial charge in [-0.05, 0) is 59.9 Å². The number of amides is 2. The Bertz CT molecular complexity index is 1230. The number of rotatable bonds is 6. The van der Waals surface area contributed by atoms with Crippen molar-refractivity contribution < 1.29 is 14.7 Å². The Morgan fingerprint density at radius 2 is 1.77 bits per heavy atom. The molecule has 0 spiro atoms. The maximum Gasteiger partial charge on any atom is 0.261 e. The quantitative estimate of drug-likeness (QED) is 0.486. The second-order valence-electron chi connectivity index (χ2n) is 9.16. The van der Waals surface area contributed by atoms with Gasteiger partial charge in [0.25, 0.3) is 11.8 Å². The second kappa shape index (κ2) is 10.6. The number of hydrogen-bond donors (Lipinski definition) is 2. The third kappa shape index (κ3) is 5.67. The average Bonchev–Trinajstić information content (AvgIpc) is 3.31. The highest BCUT2D eigenvalue weighted by molar-refractivity contribution is 9.10. The van der Waals surface area contributed by atoms with Crippen molar-refractivity contribution in [3.63, 3.8) is 0 Å². The Kier molecular flexibility index (Phi) is 7.34. The van der Waals surface area contributed by atoms with E-state index in [1.807, 2.05) is 35.2 Å². The molecule has 6 nitrogen and oxygen atoms in total. The highest BCUT2D eigenvalue weighted by atomic mass is 79.9. The van der Waals surface area contributed by atoms with Gasteiger partial charge in [-0.3, -0.25) is 14.5 Å². The summed E-state index contributed by atoms with van der Waals surface area (Å²) in [5.41, 5.74) is 4.39. The molecule has 2 aliphatic rings. The van der Waals surface area contributed by atoms with Crippen LogP contribution in [0.15, 0.2) is 59.1 Å². The first kappa shape index (κ1) is 24.2. The summed E-state index contributed by atoms with van der Waals surface area (Å²) < 4.78 is 0.940. The first-order chi connectivity index (χ1) is 17.0. The fraction of sp³-hybridized carbons (Fsp3) is 0.333. The summed E-state index contributed by atoms with van der Waals surface area (Å²) in [6.07, 6.45) is 1.10. The van der Waals surface area contributed by atoms with Gasteiger partial charge in [0.15, 0.2) is 0 Å². The zero-order valence-electron chi connectivity index (χ0n) is 19.4. The standard InChI is InChI=1S/C27H28BrN3O3S/c28-22-7-5-19(6-8-22)27(34)31-12-10-24-21(16-31)13-25(35-24)26(33)29-14-23(32)17-30-11-9-18-3-1-2-4-20(18)15-30/h1-8,13,23,32H,9-12,14-17H2,(H,29,33). The van der Waals surface area contributed by atoms with E-state index in [0.717, 1.165) is 40.8 Å². The molecule has 2 N–H and O–H groups in total. The number of β-amino-alcohol motifs (C(OH)–C–C–N with tert-alkyl or cyclic N) is 1. The van der Waals surface area contributed by atoms with E-state index < -0.39 is 6.10 Å². The Morgan fingerprint density at radius 1 is 1.00 bits per heavy atom. The molecule has 0 saturated carbocycles. The van der Waals surface area contributed by atoms with Crippen molar-refractivity contribution in [3.05, 3.63) is 91.1 Å². The minimum absolute atomic E-state index is 0.00353. The average molecular weight is 555 g/mol. The fourth-order valence-corrected chi connectivity index (χ4v) is 6.11. The predicted octanol–water partition coefficient (Wildman–Crippen LogP) is 3.86. The van der Waals surface area contributed by atoms with Crippen LogP contribution in [0.5, 0.6) is 0 Å². The van der Waals surface area contributed by atoms with E-state index >= 15 is 0 Å². The Hall–Kier alpha value is -2.52. The van der Waals surface area contributed by atoms with E-state index in [4.69, 9.17) is 0 Å². The minimum Gasteiger partial charge on any atom is -0.390 e. The van der Waals surface area contributed by atoms with Crippen molar-refractivity contribution >= 4 is 39.1 Å². The Labute approximate surface area is 217 Å². The van der Waals surface area contributed by atoms with E-state index in [9.17, 15) is 14.7 Å². The van der Waals surface area contributed by atoms with Crippen LogP contribution < -0.4 is 5.32 Å². The number of nitrogens with zero attached hydrogens (tertiary/aromatic N) is 2. The molecule has 0 radical (unpaired) electrons. The van der Waals surface area contributed by atoms with Crippen LogP contribution in [0, 0.1) is 0 Å². The molecule has 3 heterocycles. The highest BCUT2D eigenvalue weighted by Gasteiger charge is 2.25. The van der Waals surface area contributed by atoms with Gasteiger partial charge in [-0.2, -0.15) is 0 Å². The summed E-state index contributed by atoms with van der Waals surface area (Å²) in [6.45, 7) is 3.63. The number of hydrogen-bond acceptors (Lipinski definition) is 5. The van der Waals surface area contributed by atoms with Crippen LogP contribution in [-0.2, 0) is 25.9 Å². The molecule has 5 rings (SSSR count). The summed E-state index contributed by atoms with van der Waals surface area (Å²) in [7, 11) is 0. The molecular weight excluding hydrogens is 526 g/mol. The van der Waals surface area contributed by atoms with Crippen molar-refractivity contribution in [3.8, 4) is 0 Å². The maximum absolute atomic E-state index is 12.9. The van der Waals surface area contributed by atoms with Gasteiger partial charge in [0, 0.05) is 54.2 Å². The molecule has 1 aromatic heterocycles. The van der Waals surface area contributed by atoms with Crippen molar-refractivity contribution in [1.82, 2.24) is 15.1 Å². The smallest absolute Gasteiger partial charge is 0.261 e. The number of halogens is 1. The van der Waals surface area contributed by atoms with Crippen LogP contribution >= 0.6 is 27.3 Å². The summed E-state index contributed by atoms with van der Waals surface area (Å²) in [4.78, 5) is 31.5. The van der Waals surface area contributed by atoms with Crippen LogP contribution in [-0.4, -0.2) is 59.0 Å². The Morgan fingerprint density at radius 3 is 2.57 bits per heavy atom. The van der Waals surface area contributed by atoms with Gasteiger partial charge in [0.2, 0.25) is 0 Å². The molecule has 2 amide bonds. The third-order valence-electron chi connectivity index (χ3n) is 6.65. The fourth-order valence-electron chi connectivity index (χ4n) is 4.76. The number of aliphatic hydroxyl groups is 1. The van der Waals surface area contributed by atoms with Gasteiger partial charge in [0.1, 0.15) is 0 Å². The van der Waals surface area contributed by atoms with Gasteiger partial charge in [0.05, 0.1) is 11.0 Å². The molecular formula is C27H28BrN3O3S. The lowest BCUT2D eigenvalue weighted by Gasteiger charge is -2.30. The van der Waals surface area contributed by atoms with Gasteiger partial charge < -0.3 is 15.3 Å². The Balaban J connectivity index is 1.13. The van der Waals surface area contributed by atoms with E-state index in [-0.39, 0.29) is 18.4 Å². The molecule has 35 heavy (non-hydrogen) atoms. The van der Waals surface area contributed by atoms with Gasteiger partial charge in [-0.25, -0.2) is 0 Å². The summed E-state index contributed by atoms with van der Waals surface area (Å²) in [5, 5.41) is 13.4. The van der Waals surface area contributed by atoms with Gasteiger partial charge in [-0.1, -0.05) is 40.2 Å². The molecule has 0 saturated heterocycles. The monoisotopic (exact) mass is 553 g/mol. The predicted molar refractivity (Wildman–Crippen MR) is 141 cm³/mol. The highest BCUT2D eigenvalue weighted by Crippen LogP contribution is 2.29. The first-order valence-corrected chi connectivity index (χ1v) is 13.5. The lowest BCUT2D eigenvalue weighted by molar-refractivity contribution is 0.0736. The molecule has 1 unspecified atom stereocenters. The molecule has 0 bridgehead atoms. The van der Waals surface area contributed by atoms with E-state index in [1.165, 1.54) is 22.5 Å². The summed E-state index contributed by atoms with van der Waals surface area (Å²) in [5.74, 6) is -0.165. The van der Waals surface area contributed by atoms with E-state index in [2.05, 4.69) is 50.4 Å². The molecule has 182 valence electrons. The van der Waals surface area contributed by atoms with Crippen molar-refractivity contribution in [1.29, 1.82) is 0 Å². The number of thiophene rings is 1. The van der Waals surface area contributed by atoms with Crippen molar-refractivity contribution in [2.75, 3.05) is 26.2 Å². The normalized spacial score (nSPS) is 16.3. The largest absolute Gasteiger partial charge is 0.390 e. The number of benzene rings is 2. The molecule has 0 fully saturated rings.